The standard InChI is InChI=1S/C9H10O9/c1-2-3(10)18-9(17)5(8(15)16)4(6(11)12)7(13)14/h4-5H,2H2,1H3,(H,11,12)(H,13,14)(H,15,16). The Balaban J connectivity index is 5.23. The number of esters is 2. The van der Waals surface area contributed by atoms with Crippen LogP contribution in [0.4, 0.5) is 0 Å². The van der Waals surface area contributed by atoms with Crippen molar-refractivity contribution < 1.29 is 44.0 Å². The third kappa shape index (κ3) is 3.85. The summed E-state index contributed by atoms with van der Waals surface area (Å²) in [6, 6.07) is 0. The molecule has 3 N–H and O–H groups in total. The van der Waals surface area contributed by atoms with Gasteiger partial charge >= 0.3 is 29.8 Å². The first kappa shape index (κ1) is 15.6. The normalized spacial score (nSPS) is 11.7. The van der Waals surface area contributed by atoms with E-state index in [0.717, 1.165) is 0 Å². The van der Waals surface area contributed by atoms with Crippen molar-refractivity contribution in [1.29, 1.82) is 0 Å². The Hall–Kier alpha value is -2.45. The molecule has 0 radical (unpaired) electrons. The highest BCUT2D eigenvalue weighted by Crippen LogP contribution is 2.16. The molecule has 0 aliphatic rings. The molecule has 0 spiro atoms. The number of hydrogen-bond donors (Lipinski definition) is 3. The molecule has 9 heteroatoms. The van der Waals surface area contributed by atoms with Crippen LogP contribution in [0.1, 0.15) is 13.3 Å². The zero-order valence-corrected chi connectivity index (χ0v) is 9.15. The molecule has 0 saturated carbocycles. The Kier molecular flexibility index (Phi) is 5.46. The molecule has 9 nitrogen and oxygen atoms in total. The smallest absolute Gasteiger partial charge is 0.329 e. The summed E-state index contributed by atoms with van der Waals surface area (Å²) in [7, 11) is 0. The third-order valence-electron chi connectivity index (χ3n) is 1.89. The average molecular weight is 262 g/mol. The Bertz CT molecular complexity index is 383. The predicted octanol–water partition coefficient (Wildman–Crippen LogP) is -1.05. The fourth-order valence-corrected chi connectivity index (χ4v) is 1.02. The fraction of sp³-hybridized carbons (Fsp3) is 0.444. The van der Waals surface area contributed by atoms with Crippen molar-refractivity contribution in [3.8, 4) is 0 Å². The maximum absolute atomic E-state index is 11.3. The molecule has 0 aromatic heterocycles. The number of hydrogen-bond acceptors (Lipinski definition) is 6. The lowest BCUT2D eigenvalue weighted by atomic mass is 9.92. The summed E-state index contributed by atoms with van der Waals surface area (Å²) in [5, 5.41) is 25.8. The number of ether oxygens (including phenoxy) is 1. The van der Waals surface area contributed by atoms with E-state index in [4.69, 9.17) is 15.3 Å². The molecule has 0 amide bonds. The monoisotopic (exact) mass is 262 g/mol. The predicted molar refractivity (Wildman–Crippen MR) is 51.3 cm³/mol. The van der Waals surface area contributed by atoms with Gasteiger partial charge in [0.2, 0.25) is 0 Å². The van der Waals surface area contributed by atoms with E-state index >= 15 is 0 Å². The summed E-state index contributed by atoms with van der Waals surface area (Å²) in [6.07, 6.45) is -0.247. The van der Waals surface area contributed by atoms with Gasteiger partial charge in [-0.15, -0.1) is 0 Å². The van der Waals surface area contributed by atoms with Crippen LogP contribution < -0.4 is 0 Å². The van der Waals surface area contributed by atoms with Crippen molar-refractivity contribution >= 4 is 29.8 Å². The van der Waals surface area contributed by atoms with Gasteiger partial charge in [-0.25, -0.2) is 0 Å². The van der Waals surface area contributed by atoms with Crippen LogP contribution in [0, 0.1) is 11.8 Å². The van der Waals surface area contributed by atoms with Gasteiger partial charge in [0.15, 0.2) is 11.8 Å². The lowest BCUT2D eigenvalue weighted by Gasteiger charge is -2.14. The van der Waals surface area contributed by atoms with Gasteiger partial charge in [-0.1, -0.05) is 6.92 Å². The van der Waals surface area contributed by atoms with Gasteiger partial charge in [-0.2, -0.15) is 0 Å². The van der Waals surface area contributed by atoms with E-state index in [2.05, 4.69) is 4.74 Å². The van der Waals surface area contributed by atoms with E-state index in [-0.39, 0.29) is 6.42 Å². The van der Waals surface area contributed by atoms with Gasteiger partial charge < -0.3 is 20.1 Å². The molecule has 100 valence electrons. The molecule has 0 aromatic rings. The summed E-state index contributed by atoms with van der Waals surface area (Å²) in [5.74, 6) is -13.9. The van der Waals surface area contributed by atoms with E-state index in [1.54, 1.807) is 0 Å². The van der Waals surface area contributed by atoms with Crippen LogP contribution >= 0.6 is 0 Å². The largest absolute Gasteiger partial charge is 0.481 e. The molecule has 0 aliphatic heterocycles. The van der Waals surface area contributed by atoms with E-state index in [9.17, 15) is 24.0 Å². The number of carboxylic acid groups (broad SMARTS) is 3. The van der Waals surface area contributed by atoms with Gasteiger partial charge in [-0.3, -0.25) is 24.0 Å². The summed E-state index contributed by atoms with van der Waals surface area (Å²) < 4.78 is 4.02. The molecule has 0 aromatic carbocycles. The second kappa shape index (κ2) is 6.33. The molecule has 1 unspecified atom stereocenters. The fourth-order valence-electron chi connectivity index (χ4n) is 1.02. The van der Waals surface area contributed by atoms with Gasteiger partial charge in [0, 0.05) is 6.42 Å². The van der Waals surface area contributed by atoms with Crippen LogP contribution in [0.15, 0.2) is 0 Å². The van der Waals surface area contributed by atoms with Gasteiger partial charge in [0.25, 0.3) is 0 Å². The Morgan fingerprint density at radius 2 is 1.28 bits per heavy atom. The Morgan fingerprint density at radius 3 is 1.56 bits per heavy atom. The van der Waals surface area contributed by atoms with E-state index in [0.29, 0.717) is 0 Å². The second-order valence-corrected chi connectivity index (χ2v) is 3.12. The van der Waals surface area contributed by atoms with Gasteiger partial charge in [-0.05, 0) is 0 Å². The van der Waals surface area contributed by atoms with Crippen LogP contribution in [0.25, 0.3) is 0 Å². The SMILES string of the molecule is CCC(=O)OC(=O)C(C(=O)O)C(C(=O)O)C(=O)O. The van der Waals surface area contributed by atoms with Crippen LogP contribution in [0.3, 0.4) is 0 Å². The van der Waals surface area contributed by atoms with Crippen molar-refractivity contribution in [3.05, 3.63) is 0 Å². The molecule has 0 aliphatic carbocycles. The molecular formula is C9H10O9. The number of carboxylic acids is 3. The lowest BCUT2D eigenvalue weighted by molar-refractivity contribution is -0.177. The summed E-state index contributed by atoms with van der Waals surface area (Å²) >= 11 is 0. The van der Waals surface area contributed by atoms with Crippen LogP contribution in [0.5, 0.6) is 0 Å². The second-order valence-electron chi connectivity index (χ2n) is 3.12. The first-order chi connectivity index (χ1) is 8.22. The van der Waals surface area contributed by atoms with Crippen LogP contribution in [0.2, 0.25) is 0 Å². The topological polar surface area (TPSA) is 155 Å². The van der Waals surface area contributed by atoms with Crippen molar-refractivity contribution in [3.63, 3.8) is 0 Å². The Morgan fingerprint density at radius 1 is 0.889 bits per heavy atom. The van der Waals surface area contributed by atoms with Gasteiger partial charge in [0.05, 0.1) is 0 Å². The maximum atomic E-state index is 11.3. The molecular weight excluding hydrogens is 252 g/mol. The third-order valence-corrected chi connectivity index (χ3v) is 1.89. The molecule has 0 saturated heterocycles. The summed E-state index contributed by atoms with van der Waals surface area (Å²) in [6.45, 7) is 1.32. The zero-order chi connectivity index (χ0) is 14.5. The minimum absolute atomic E-state index is 0.247. The number of aliphatic carboxylic acids is 3. The first-order valence-corrected chi connectivity index (χ1v) is 4.65. The molecule has 0 bridgehead atoms. The molecule has 0 rings (SSSR count). The average Bonchev–Trinajstić information content (AvgIpc) is 2.23. The number of carbonyl (C=O) groups excluding carboxylic acids is 2. The number of rotatable bonds is 6. The number of carbonyl (C=O) groups is 5. The lowest BCUT2D eigenvalue weighted by Crippen LogP contribution is -2.42. The van der Waals surface area contributed by atoms with Crippen molar-refractivity contribution in [2.24, 2.45) is 11.8 Å². The highest BCUT2D eigenvalue weighted by atomic mass is 16.6. The quantitative estimate of drug-likeness (QED) is 0.401. The first-order valence-electron chi connectivity index (χ1n) is 4.65. The van der Waals surface area contributed by atoms with E-state index in [1.165, 1.54) is 6.92 Å². The zero-order valence-electron chi connectivity index (χ0n) is 9.15. The molecule has 18 heavy (non-hydrogen) atoms. The molecule has 0 fully saturated rings. The highest BCUT2D eigenvalue weighted by Gasteiger charge is 2.46. The van der Waals surface area contributed by atoms with E-state index in [1.807, 2.05) is 0 Å². The Labute approximate surface area is 100.0 Å². The summed E-state index contributed by atoms with van der Waals surface area (Å²) in [4.78, 5) is 54.0. The highest BCUT2D eigenvalue weighted by molar-refractivity contribution is 6.07. The molecule has 1 atom stereocenters. The van der Waals surface area contributed by atoms with Crippen molar-refractivity contribution in [2.75, 3.05) is 0 Å². The minimum Gasteiger partial charge on any atom is -0.481 e. The van der Waals surface area contributed by atoms with Crippen LogP contribution in [-0.4, -0.2) is 45.2 Å². The maximum Gasteiger partial charge on any atom is 0.329 e. The van der Waals surface area contributed by atoms with Gasteiger partial charge in [0.1, 0.15) is 0 Å². The molecule has 0 heterocycles. The van der Waals surface area contributed by atoms with Crippen molar-refractivity contribution in [1.82, 2.24) is 0 Å². The van der Waals surface area contributed by atoms with E-state index < -0.39 is 41.7 Å². The minimum atomic E-state index is -2.53. The van der Waals surface area contributed by atoms with Crippen LogP contribution in [-0.2, 0) is 28.7 Å². The summed E-state index contributed by atoms with van der Waals surface area (Å²) in [5.41, 5.74) is 0. The van der Waals surface area contributed by atoms with Crippen molar-refractivity contribution in [2.45, 2.75) is 13.3 Å².